The lowest BCUT2D eigenvalue weighted by atomic mass is 9.97. The van der Waals surface area contributed by atoms with Crippen LogP contribution in [0.5, 0.6) is 0 Å². The molecule has 5 aromatic rings. The number of aromatic amines is 1. The Labute approximate surface area is 330 Å². The quantitative estimate of drug-likeness (QED) is 0.0855. The van der Waals surface area contributed by atoms with Crippen molar-refractivity contribution in [1.82, 2.24) is 35.4 Å². The van der Waals surface area contributed by atoms with E-state index in [-0.39, 0.29) is 40.7 Å². The first-order chi connectivity index (χ1) is 27.1. The van der Waals surface area contributed by atoms with E-state index < -0.39 is 35.3 Å². The number of fused-ring (bicyclic) bond motifs is 1. The molecule has 5 amide bonds. The topological polar surface area (TPSA) is 243 Å². The van der Waals surface area contributed by atoms with Crippen LogP contribution in [0.1, 0.15) is 49.7 Å². The first-order valence-corrected chi connectivity index (χ1v) is 18.2. The number of tetrazole rings is 1. The minimum atomic E-state index is -1.29. The standard InChI is InChI=1S/C38H39ClN10O8/c1-38(2,3)57-36(55)22-12-14-48(15-13-22)37(56)42-25-7-4-21(5-8-25)16-29(32(50)41-26-9-10-27-23(17-26)18-30(43-27)35(53)54)45-34(52)33(51)44-28-19-24(39)6-11-31(28)49-20-40-46-47-49/h4-11,17-20,22,29,43H,12-16H2,1-3H3,(H,41,50)(H,42,56)(H,44,51)(H,45,52)(H,53,54). The highest BCUT2D eigenvalue weighted by Gasteiger charge is 2.31. The predicted octanol–water partition coefficient (Wildman–Crippen LogP) is 4.39. The molecule has 0 aliphatic carbocycles. The average Bonchev–Trinajstić information content (AvgIpc) is 3.86. The van der Waals surface area contributed by atoms with E-state index in [1.54, 1.807) is 59.5 Å². The summed E-state index contributed by atoms with van der Waals surface area (Å²) in [4.78, 5) is 81.7. The SMILES string of the molecule is CC(C)(C)OC(=O)C1CCN(C(=O)Nc2ccc(CC(NC(=O)C(=O)Nc3cc(Cl)ccc3-n3cnnn3)C(=O)Nc3ccc4[nH]c(C(=O)O)cc4c3)cc2)CC1. The van der Waals surface area contributed by atoms with E-state index in [1.807, 2.05) is 20.8 Å². The van der Waals surface area contributed by atoms with E-state index in [0.717, 1.165) is 0 Å². The summed E-state index contributed by atoms with van der Waals surface area (Å²) < 4.78 is 6.76. The van der Waals surface area contributed by atoms with E-state index in [2.05, 4.69) is 41.8 Å². The number of benzene rings is 3. The molecule has 1 fully saturated rings. The number of carbonyl (C=O) groups excluding carboxylic acids is 5. The lowest BCUT2D eigenvalue weighted by Crippen LogP contribution is -2.49. The number of hydrogen-bond donors (Lipinski definition) is 6. The second-order valence-electron chi connectivity index (χ2n) is 14.3. The molecule has 1 unspecified atom stereocenters. The number of nitrogens with one attached hydrogen (secondary N) is 5. The summed E-state index contributed by atoms with van der Waals surface area (Å²) in [5.41, 5.74) is 1.73. The molecule has 2 aromatic heterocycles. The van der Waals surface area contributed by atoms with Crippen LogP contribution in [0.15, 0.2) is 73.1 Å². The van der Waals surface area contributed by atoms with Crippen LogP contribution in [0.3, 0.4) is 0 Å². The molecule has 0 spiro atoms. The molecule has 296 valence electrons. The second-order valence-corrected chi connectivity index (χ2v) is 14.7. The molecule has 1 aliphatic heterocycles. The van der Waals surface area contributed by atoms with Crippen LogP contribution in [0.25, 0.3) is 16.6 Å². The number of anilines is 3. The van der Waals surface area contributed by atoms with Gasteiger partial charge in [0.15, 0.2) is 0 Å². The number of rotatable bonds is 10. The normalized spacial score (nSPS) is 13.7. The van der Waals surface area contributed by atoms with Gasteiger partial charge in [0.25, 0.3) is 0 Å². The summed E-state index contributed by atoms with van der Waals surface area (Å²) in [7, 11) is 0. The summed E-state index contributed by atoms with van der Waals surface area (Å²) in [5, 5.41) is 31.7. The monoisotopic (exact) mass is 798 g/mol. The van der Waals surface area contributed by atoms with Gasteiger partial charge in [0.1, 0.15) is 23.7 Å². The average molecular weight is 799 g/mol. The Morgan fingerprint density at radius 2 is 1.63 bits per heavy atom. The van der Waals surface area contributed by atoms with Crippen LogP contribution in [-0.4, -0.2) is 95.6 Å². The molecule has 57 heavy (non-hydrogen) atoms. The summed E-state index contributed by atoms with van der Waals surface area (Å²) in [6.45, 7) is 6.20. The van der Waals surface area contributed by atoms with Crippen LogP contribution in [0, 0.1) is 5.92 Å². The maximum absolute atomic E-state index is 13.8. The van der Waals surface area contributed by atoms with E-state index in [0.29, 0.717) is 59.5 Å². The van der Waals surface area contributed by atoms with E-state index in [1.165, 1.54) is 23.1 Å². The van der Waals surface area contributed by atoms with Gasteiger partial charge in [-0.2, -0.15) is 4.68 Å². The van der Waals surface area contributed by atoms with Crippen molar-refractivity contribution in [2.45, 2.75) is 51.7 Å². The van der Waals surface area contributed by atoms with Crippen molar-refractivity contribution in [3.8, 4) is 5.69 Å². The number of piperidine rings is 1. The number of carboxylic acids is 1. The number of amides is 5. The largest absolute Gasteiger partial charge is 0.477 e. The van der Waals surface area contributed by atoms with E-state index in [9.17, 15) is 33.9 Å². The summed E-state index contributed by atoms with van der Waals surface area (Å²) in [6, 6.07) is 15.7. The molecule has 0 radical (unpaired) electrons. The van der Waals surface area contributed by atoms with Gasteiger partial charge in [-0.15, -0.1) is 5.10 Å². The first kappa shape index (κ1) is 39.9. The van der Waals surface area contributed by atoms with Gasteiger partial charge < -0.3 is 41.0 Å². The van der Waals surface area contributed by atoms with Gasteiger partial charge in [-0.05, 0) is 104 Å². The number of nitrogens with zero attached hydrogens (tertiary/aromatic N) is 5. The van der Waals surface area contributed by atoms with Crippen LogP contribution in [-0.2, 0) is 30.3 Å². The number of halogens is 1. The molecule has 18 nitrogen and oxygen atoms in total. The minimum absolute atomic E-state index is 0.0324. The van der Waals surface area contributed by atoms with E-state index in [4.69, 9.17) is 16.3 Å². The Balaban J connectivity index is 1.14. The number of hydrogen-bond acceptors (Lipinski definition) is 10. The Morgan fingerprint density at radius 1 is 0.912 bits per heavy atom. The molecule has 6 rings (SSSR count). The van der Waals surface area contributed by atoms with Gasteiger partial charge in [-0.1, -0.05) is 23.7 Å². The first-order valence-electron chi connectivity index (χ1n) is 17.8. The van der Waals surface area contributed by atoms with Crippen LogP contribution >= 0.6 is 11.6 Å². The predicted molar refractivity (Wildman–Crippen MR) is 208 cm³/mol. The van der Waals surface area contributed by atoms with Gasteiger partial charge in [-0.3, -0.25) is 19.2 Å². The zero-order valence-electron chi connectivity index (χ0n) is 31.0. The molecular weight excluding hydrogens is 760 g/mol. The van der Waals surface area contributed by atoms with E-state index >= 15 is 0 Å². The Kier molecular flexibility index (Phi) is 11.8. The van der Waals surface area contributed by atoms with Gasteiger partial charge in [0, 0.05) is 46.8 Å². The van der Waals surface area contributed by atoms with Crippen molar-refractivity contribution in [2.75, 3.05) is 29.0 Å². The zero-order chi connectivity index (χ0) is 40.9. The van der Waals surface area contributed by atoms with Crippen molar-refractivity contribution >= 4 is 75.3 Å². The van der Waals surface area contributed by atoms with Crippen LogP contribution in [0.2, 0.25) is 5.02 Å². The molecule has 1 saturated heterocycles. The smallest absolute Gasteiger partial charge is 0.352 e. The Morgan fingerprint density at radius 3 is 2.30 bits per heavy atom. The van der Waals surface area contributed by atoms with Crippen molar-refractivity contribution in [1.29, 1.82) is 0 Å². The maximum atomic E-state index is 13.8. The van der Waals surface area contributed by atoms with Crippen molar-refractivity contribution in [3.05, 3.63) is 89.3 Å². The lowest BCUT2D eigenvalue weighted by molar-refractivity contribution is -0.161. The minimum Gasteiger partial charge on any atom is -0.477 e. The number of urea groups is 1. The van der Waals surface area contributed by atoms with Crippen molar-refractivity contribution in [2.24, 2.45) is 5.92 Å². The highest BCUT2D eigenvalue weighted by atomic mass is 35.5. The number of esters is 1. The third-order valence-electron chi connectivity index (χ3n) is 8.92. The summed E-state index contributed by atoms with van der Waals surface area (Å²) in [6.07, 6.45) is 2.19. The number of H-pyrrole nitrogens is 1. The zero-order valence-corrected chi connectivity index (χ0v) is 31.8. The molecule has 3 aromatic carbocycles. The molecular formula is C38H39ClN10O8. The molecule has 19 heteroatoms. The number of carbonyl (C=O) groups is 6. The number of aromatic carboxylic acids is 1. The second kappa shape index (κ2) is 16.9. The van der Waals surface area contributed by atoms with Crippen LogP contribution < -0.4 is 21.3 Å². The maximum Gasteiger partial charge on any atom is 0.352 e. The van der Waals surface area contributed by atoms with Crippen LogP contribution in [0.4, 0.5) is 21.9 Å². The van der Waals surface area contributed by atoms with Gasteiger partial charge in [0.05, 0.1) is 17.3 Å². The Hall–Kier alpha value is -6.82. The number of aromatic nitrogens is 5. The molecule has 3 heterocycles. The van der Waals surface area contributed by atoms with Gasteiger partial charge >= 0.3 is 29.8 Å². The molecule has 0 saturated carbocycles. The Bertz CT molecular complexity index is 2310. The van der Waals surface area contributed by atoms with Gasteiger partial charge in [-0.25, -0.2) is 9.59 Å². The summed E-state index contributed by atoms with van der Waals surface area (Å²) in [5.74, 6) is -4.61. The molecule has 1 aliphatic rings. The number of ether oxygens (including phenoxy) is 1. The van der Waals surface area contributed by atoms with Crippen molar-refractivity contribution in [3.63, 3.8) is 0 Å². The fourth-order valence-corrected chi connectivity index (χ4v) is 6.28. The molecule has 1 atom stereocenters. The lowest BCUT2D eigenvalue weighted by Gasteiger charge is -2.32. The highest BCUT2D eigenvalue weighted by molar-refractivity contribution is 6.40. The van der Waals surface area contributed by atoms with Crippen molar-refractivity contribution < 1.29 is 38.6 Å². The molecule has 6 N–H and O–H groups in total. The molecule has 0 bridgehead atoms. The fourth-order valence-electron chi connectivity index (χ4n) is 6.11. The fraction of sp³-hybridized carbons (Fsp3) is 0.289. The van der Waals surface area contributed by atoms with Gasteiger partial charge in [0.2, 0.25) is 5.91 Å². The third kappa shape index (κ3) is 10.3. The third-order valence-corrected chi connectivity index (χ3v) is 9.15. The number of carboxylic acid groups (broad SMARTS) is 1. The number of likely N-dealkylation sites (tertiary alicyclic amines) is 1. The highest BCUT2D eigenvalue weighted by Crippen LogP contribution is 2.25. The summed E-state index contributed by atoms with van der Waals surface area (Å²) >= 11 is 6.16.